The van der Waals surface area contributed by atoms with Crippen molar-refractivity contribution in [1.29, 1.82) is 0 Å². The van der Waals surface area contributed by atoms with E-state index in [2.05, 4.69) is 5.32 Å². The van der Waals surface area contributed by atoms with Gasteiger partial charge in [0.2, 0.25) is 0 Å². The summed E-state index contributed by atoms with van der Waals surface area (Å²) in [6, 6.07) is 11.6. The Morgan fingerprint density at radius 3 is 2.79 bits per heavy atom. The Balaban J connectivity index is 1.81. The molecule has 0 radical (unpaired) electrons. The van der Waals surface area contributed by atoms with Gasteiger partial charge in [0.05, 0.1) is 12.2 Å². The molecule has 124 valence electrons. The van der Waals surface area contributed by atoms with E-state index in [1.165, 1.54) is 5.56 Å². The van der Waals surface area contributed by atoms with Gasteiger partial charge in [0.15, 0.2) is 0 Å². The largest absolute Gasteiger partial charge is 0.494 e. The number of nitrogens with one attached hydrogen (secondary N) is 1. The highest BCUT2D eigenvalue weighted by molar-refractivity contribution is 6.07. The molecular formula is C20H21NO3. The molecule has 0 fully saturated rings. The number of anilines is 1. The van der Waals surface area contributed by atoms with Crippen LogP contribution in [0.5, 0.6) is 11.5 Å². The molecule has 4 nitrogen and oxygen atoms in total. The molecule has 1 aliphatic rings. The molecule has 0 aliphatic carbocycles. The third-order valence-corrected chi connectivity index (χ3v) is 3.93. The number of rotatable bonds is 4. The number of benzene rings is 2. The third kappa shape index (κ3) is 3.43. The Labute approximate surface area is 142 Å². The average molecular weight is 323 g/mol. The van der Waals surface area contributed by atoms with E-state index in [-0.39, 0.29) is 12.5 Å². The van der Waals surface area contributed by atoms with Crippen LogP contribution in [0.3, 0.4) is 0 Å². The number of hydrogen-bond acceptors (Lipinski definition) is 3. The van der Waals surface area contributed by atoms with Crippen LogP contribution in [0.1, 0.15) is 23.6 Å². The maximum atomic E-state index is 12.5. The molecule has 2 aromatic carbocycles. The number of carbonyl (C=O) groups is 1. The Bertz CT molecular complexity index is 809. The second kappa shape index (κ2) is 6.79. The van der Waals surface area contributed by atoms with Gasteiger partial charge in [-0.3, -0.25) is 4.79 Å². The van der Waals surface area contributed by atoms with Crippen molar-refractivity contribution in [2.45, 2.75) is 20.8 Å². The Morgan fingerprint density at radius 1 is 1.21 bits per heavy atom. The second-order valence-corrected chi connectivity index (χ2v) is 5.86. The highest BCUT2D eigenvalue weighted by Crippen LogP contribution is 2.30. The molecule has 0 atom stereocenters. The molecule has 0 bridgehead atoms. The summed E-state index contributed by atoms with van der Waals surface area (Å²) in [6.45, 7) is 6.82. The van der Waals surface area contributed by atoms with Gasteiger partial charge >= 0.3 is 0 Å². The molecule has 1 aliphatic heterocycles. The van der Waals surface area contributed by atoms with Crippen LogP contribution in [0.15, 0.2) is 42.0 Å². The van der Waals surface area contributed by atoms with Gasteiger partial charge in [-0.05, 0) is 56.7 Å². The predicted octanol–water partition coefficient (Wildman–Crippen LogP) is 4.12. The number of fused-ring (bicyclic) bond motifs is 1. The minimum absolute atomic E-state index is 0.144. The first-order valence-corrected chi connectivity index (χ1v) is 8.05. The van der Waals surface area contributed by atoms with Crippen LogP contribution < -0.4 is 14.8 Å². The molecule has 2 aromatic rings. The zero-order chi connectivity index (χ0) is 17.1. The molecule has 0 aromatic heterocycles. The molecule has 24 heavy (non-hydrogen) atoms. The van der Waals surface area contributed by atoms with Crippen molar-refractivity contribution in [1.82, 2.24) is 0 Å². The second-order valence-electron chi connectivity index (χ2n) is 5.86. The van der Waals surface area contributed by atoms with E-state index >= 15 is 0 Å². The van der Waals surface area contributed by atoms with E-state index in [0.717, 1.165) is 28.3 Å². The van der Waals surface area contributed by atoms with E-state index < -0.39 is 0 Å². The van der Waals surface area contributed by atoms with E-state index in [0.29, 0.717) is 12.2 Å². The molecular weight excluding hydrogens is 302 g/mol. The van der Waals surface area contributed by atoms with Crippen LogP contribution in [0.4, 0.5) is 5.69 Å². The fraction of sp³-hybridized carbons (Fsp3) is 0.250. The van der Waals surface area contributed by atoms with Crippen molar-refractivity contribution in [3.05, 3.63) is 58.7 Å². The van der Waals surface area contributed by atoms with Gasteiger partial charge in [-0.15, -0.1) is 0 Å². The van der Waals surface area contributed by atoms with Crippen LogP contribution in [-0.4, -0.2) is 19.1 Å². The van der Waals surface area contributed by atoms with Crippen LogP contribution >= 0.6 is 0 Å². The van der Waals surface area contributed by atoms with Crippen molar-refractivity contribution in [2.24, 2.45) is 0 Å². The maximum absolute atomic E-state index is 12.5. The summed E-state index contributed by atoms with van der Waals surface area (Å²) in [5.74, 6) is 1.39. The molecule has 0 saturated carbocycles. The molecule has 0 spiro atoms. The number of amides is 1. The summed E-state index contributed by atoms with van der Waals surface area (Å²) in [5, 5.41) is 2.96. The number of aryl methyl sites for hydroxylation is 2. The summed E-state index contributed by atoms with van der Waals surface area (Å²) < 4.78 is 11.2. The van der Waals surface area contributed by atoms with Gasteiger partial charge < -0.3 is 14.8 Å². The van der Waals surface area contributed by atoms with Crippen molar-refractivity contribution in [3.63, 3.8) is 0 Å². The first kappa shape index (κ1) is 16.1. The predicted molar refractivity (Wildman–Crippen MR) is 95.6 cm³/mol. The van der Waals surface area contributed by atoms with Crippen LogP contribution in [0, 0.1) is 13.8 Å². The lowest BCUT2D eigenvalue weighted by Crippen LogP contribution is -2.21. The summed E-state index contributed by atoms with van der Waals surface area (Å²) >= 11 is 0. The lowest BCUT2D eigenvalue weighted by Gasteiger charge is -2.19. The standard InChI is InChI=1S/C20H21NO3/c1-4-23-17-6-8-19-15(11-17)10-16(12-24-19)20(22)21-18-7-5-13(2)9-14(18)3/h5-11H,4,12H2,1-3H3,(H,21,22). The molecule has 1 amide bonds. The maximum Gasteiger partial charge on any atom is 0.255 e. The van der Waals surface area contributed by atoms with Gasteiger partial charge in [-0.2, -0.15) is 0 Å². The van der Waals surface area contributed by atoms with E-state index in [9.17, 15) is 4.79 Å². The quantitative estimate of drug-likeness (QED) is 0.921. The summed E-state index contributed by atoms with van der Waals surface area (Å²) in [4.78, 5) is 12.5. The third-order valence-electron chi connectivity index (χ3n) is 3.93. The molecule has 1 heterocycles. The lowest BCUT2D eigenvalue weighted by molar-refractivity contribution is -0.113. The molecule has 3 rings (SSSR count). The Hall–Kier alpha value is -2.75. The average Bonchev–Trinajstić information content (AvgIpc) is 2.57. The zero-order valence-corrected chi connectivity index (χ0v) is 14.2. The minimum Gasteiger partial charge on any atom is -0.494 e. The first-order valence-electron chi connectivity index (χ1n) is 8.05. The van der Waals surface area contributed by atoms with Crippen LogP contribution in [0.25, 0.3) is 6.08 Å². The van der Waals surface area contributed by atoms with Gasteiger partial charge in [-0.25, -0.2) is 0 Å². The number of hydrogen-bond donors (Lipinski definition) is 1. The van der Waals surface area contributed by atoms with Crippen molar-refractivity contribution in [3.8, 4) is 11.5 Å². The summed E-state index contributed by atoms with van der Waals surface area (Å²) in [6.07, 6.45) is 1.86. The lowest BCUT2D eigenvalue weighted by atomic mass is 10.1. The fourth-order valence-corrected chi connectivity index (χ4v) is 2.70. The first-order chi connectivity index (χ1) is 11.6. The van der Waals surface area contributed by atoms with Gasteiger partial charge in [0, 0.05) is 11.3 Å². The number of ether oxygens (including phenoxy) is 2. The highest BCUT2D eigenvalue weighted by atomic mass is 16.5. The topological polar surface area (TPSA) is 47.6 Å². The zero-order valence-electron chi connectivity index (χ0n) is 14.2. The molecule has 1 N–H and O–H groups in total. The normalized spacial score (nSPS) is 12.7. The molecule has 0 unspecified atom stereocenters. The van der Waals surface area contributed by atoms with Crippen molar-refractivity contribution < 1.29 is 14.3 Å². The Kier molecular flexibility index (Phi) is 4.56. The monoisotopic (exact) mass is 323 g/mol. The van der Waals surface area contributed by atoms with Gasteiger partial charge in [0.1, 0.15) is 18.1 Å². The SMILES string of the molecule is CCOc1ccc2c(c1)C=C(C(=O)Nc1ccc(C)cc1C)CO2. The molecule has 0 saturated heterocycles. The van der Waals surface area contributed by atoms with Crippen molar-refractivity contribution >= 4 is 17.7 Å². The van der Waals surface area contributed by atoms with E-state index in [1.807, 2.05) is 63.2 Å². The van der Waals surface area contributed by atoms with E-state index in [4.69, 9.17) is 9.47 Å². The summed E-state index contributed by atoms with van der Waals surface area (Å²) in [7, 11) is 0. The van der Waals surface area contributed by atoms with E-state index in [1.54, 1.807) is 0 Å². The number of carbonyl (C=O) groups excluding carboxylic acids is 1. The Morgan fingerprint density at radius 2 is 2.04 bits per heavy atom. The van der Waals surface area contributed by atoms with Gasteiger partial charge in [0.25, 0.3) is 5.91 Å². The van der Waals surface area contributed by atoms with Crippen LogP contribution in [-0.2, 0) is 4.79 Å². The van der Waals surface area contributed by atoms with Crippen molar-refractivity contribution in [2.75, 3.05) is 18.5 Å². The summed E-state index contributed by atoms with van der Waals surface area (Å²) in [5.41, 5.74) is 4.48. The fourth-order valence-electron chi connectivity index (χ4n) is 2.70. The minimum atomic E-state index is -0.144. The molecule has 4 heteroatoms. The highest BCUT2D eigenvalue weighted by Gasteiger charge is 2.18. The van der Waals surface area contributed by atoms with Crippen LogP contribution in [0.2, 0.25) is 0 Å². The van der Waals surface area contributed by atoms with Gasteiger partial charge in [-0.1, -0.05) is 17.7 Å². The smallest absolute Gasteiger partial charge is 0.255 e.